The van der Waals surface area contributed by atoms with E-state index >= 15 is 0 Å². The normalized spacial score (nSPS) is 10.5. The van der Waals surface area contributed by atoms with Crippen molar-refractivity contribution in [1.29, 1.82) is 0 Å². The van der Waals surface area contributed by atoms with Crippen LogP contribution in [0.1, 0.15) is 22.8 Å². The number of nitrogens with zero attached hydrogens (tertiary/aromatic N) is 3. The van der Waals surface area contributed by atoms with E-state index < -0.39 is 0 Å². The van der Waals surface area contributed by atoms with Crippen molar-refractivity contribution < 1.29 is 4.79 Å². The molecule has 0 saturated heterocycles. The zero-order valence-corrected chi connectivity index (χ0v) is 11.1. The number of hydrogen-bond acceptors (Lipinski definition) is 4. The zero-order chi connectivity index (χ0) is 13.8. The number of nitrogens with two attached hydrogens (primary N) is 1. The molecule has 0 aliphatic rings. The molecule has 2 aromatic rings. The van der Waals surface area contributed by atoms with Gasteiger partial charge in [0.2, 0.25) is 5.91 Å². The molecule has 1 heterocycles. The van der Waals surface area contributed by atoms with Crippen LogP contribution < -0.4 is 11.3 Å². The van der Waals surface area contributed by atoms with Gasteiger partial charge in [-0.1, -0.05) is 24.3 Å². The Morgan fingerprint density at radius 1 is 1.26 bits per heavy atom. The Kier molecular flexibility index (Phi) is 3.91. The molecule has 100 valence electrons. The molecule has 0 unspecified atom stereocenters. The minimum atomic E-state index is -0.199. The van der Waals surface area contributed by atoms with Gasteiger partial charge in [-0.25, -0.2) is 15.5 Å². The van der Waals surface area contributed by atoms with E-state index in [4.69, 9.17) is 5.84 Å². The molecule has 2 rings (SSSR count). The minimum absolute atomic E-state index is 0.199. The lowest BCUT2D eigenvalue weighted by Gasteiger charge is -2.05. The second-order valence-electron chi connectivity index (χ2n) is 4.42. The van der Waals surface area contributed by atoms with E-state index in [1.165, 1.54) is 0 Å². The third-order valence-corrected chi connectivity index (χ3v) is 2.84. The molecule has 6 heteroatoms. The summed E-state index contributed by atoms with van der Waals surface area (Å²) in [5, 5.41) is 4.31. The third kappa shape index (κ3) is 3.38. The van der Waals surface area contributed by atoms with Crippen LogP contribution in [0, 0.1) is 13.8 Å². The molecule has 0 fully saturated rings. The molecule has 0 saturated carbocycles. The molecule has 3 N–H and O–H groups in total. The standard InChI is InChI=1S/C13H17N5O/c1-9-15-10(2)18(17-9)8-12-5-3-11(4-6-12)7-13(19)16-14/h3-6H,7-8,14H2,1-2H3,(H,16,19). The molecule has 19 heavy (non-hydrogen) atoms. The Bertz CT molecular complexity index is 573. The second-order valence-corrected chi connectivity index (χ2v) is 4.42. The Balaban J connectivity index is 2.06. The van der Waals surface area contributed by atoms with Crippen molar-refractivity contribution in [3.05, 3.63) is 47.0 Å². The summed E-state index contributed by atoms with van der Waals surface area (Å²) < 4.78 is 1.86. The maximum Gasteiger partial charge on any atom is 0.238 e. The Hall–Kier alpha value is -2.21. The van der Waals surface area contributed by atoms with Crippen LogP contribution in [0.25, 0.3) is 0 Å². The molecule has 0 aliphatic carbocycles. The van der Waals surface area contributed by atoms with Gasteiger partial charge < -0.3 is 0 Å². The van der Waals surface area contributed by atoms with Crippen LogP contribution in [0.2, 0.25) is 0 Å². The zero-order valence-electron chi connectivity index (χ0n) is 11.1. The topological polar surface area (TPSA) is 85.8 Å². The van der Waals surface area contributed by atoms with Crippen molar-refractivity contribution in [2.24, 2.45) is 5.84 Å². The first-order chi connectivity index (χ1) is 9.08. The SMILES string of the molecule is Cc1nc(C)n(Cc2ccc(CC(=O)NN)cc2)n1. The Morgan fingerprint density at radius 2 is 1.89 bits per heavy atom. The van der Waals surface area contributed by atoms with Crippen LogP contribution in [0.15, 0.2) is 24.3 Å². The second kappa shape index (κ2) is 5.62. The average molecular weight is 259 g/mol. The predicted octanol–water partition coefficient (Wildman–Crippen LogP) is 0.476. The molecule has 0 atom stereocenters. The maximum absolute atomic E-state index is 11.1. The summed E-state index contributed by atoms with van der Waals surface area (Å²) in [4.78, 5) is 15.4. The highest BCUT2D eigenvalue weighted by atomic mass is 16.2. The number of benzene rings is 1. The van der Waals surface area contributed by atoms with Crippen LogP contribution in [-0.2, 0) is 17.8 Å². The van der Waals surface area contributed by atoms with E-state index in [9.17, 15) is 4.79 Å². The number of amides is 1. The van der Waals surface area contributed by atoms with Crippen molar-refractivity contribution in [3.63, 3.8) is 0 Å². The van der Waals surface area contributed by atoms with Crippen LogP contribution in [0.4, 0.5) is 0 Å². The van der Waals surface area contributed by atoms with Gasteiger partial charge >= 0.3 is 0 Å². The van der Waals surface area contributed by atoms with Crippen LogP contribution in [0.3, 0.4) is 0 Å². The summed E-state index contributed by atoms with van der Waals surface area (Å²) in [5.41, 5.74) is 4.16. The van der Waals surface area contributed by atoms with Crippen molar-refractivity contribution >= 4 is 5.91 Å². The van der Waals surface area contributed by atoms with E-state index in [1.54, 1.807) is 0 Å². The molecule has 0 radical (unpaired) electrons. The first kappa shape index (κ1) is 13.2. The van der Waals surface area contributed by atoms with Gasteiger partial charge in [0.05, 0.1) is 13.0 Å². The van der Waals surface area contributed by atoms with Crippen molar-refractivity contribution in [2.75, 3.05) is 0 Å². The first-order valence-electron chi connectivity index (χ1n) is 6.04. The van der Waals surface area contributed by atoms with Crippen molar-refractivity contribution in [1.82, 2.24) is 20.2 Å². The molecule has 0 bridgehead atoms. The lowest BCUT2D eigenvalue weighted by molar-refractivity contribution is -0.120. The molecule has 1 aromatic heterocycles. The summed E-state index contributed by atoms with van der Waals surface area (Å²) >= 11 is 0. The molecular weight excluding hydrogens is 242 g/mol. The van der Waals surface area contributed by atoms with Crippen LogP contribution in [0.5, 0.6) is 0 Å². The number of aryl methyl sites for hydroxylation is 2. The summed E-state index contributed by atoms with van der Waals surface area (Å²) in [6.07, 6.45) is 0.290. The lowest BCUT2D eigenvalue weighted by Crippen LogP contribution is -2.31. The van der Waals surface area contributed by atoms with Gasteiger partial charge in [-0.05, 0) is 25.0 Å². The molecule has 0 aliphatic heterocycles. The summed E-state index contributed by atoms with van der Waals surface area (Å²) in [6, 6.07) is 7.80. The van der Waals surface area contributed by atoms with E-state index in [1.807, 2.05) is 42.8 Å². The monoisotopic (exact) mass is 259 g/mol. The van der Waals surface area contributed by atoms with Crippen molar-refractivity contribution in [3.8, 4) is 0 Å². The van der Waals surface area contributed by atoms with Gasteiger partial charge in [0.1, 0.15) is 11.6 Å². The number of carbonyl (C=O) groups is 1. The Morgan fingerprint density at radius 3 is 2.42 bits per heavy atom. The number of aromatic nitrogens is 3. The summed E-state index contributed by atoms with van der Waals surface area (Å²) in [5.74, 6) is 6.52. The highest BCUT2D eigenvalue weighted by molar-refractivity contribution is 5.77. The number of carbonyl (C=O) groups excluding carboxylic acids is 1. The van der Waals surface area contributed by atoms with E-state index in [-0.39, 0.29) is 12.3 Å². The molecule has 0 spiro atoms. The van der Waals surface area contributed by atoms with Crippen LogP contribution >= 0.6 is 0 Å². The fourth-order valence-corrected chi connectivity index (χ4v) is 1.88. The van der Waals surface area contributed by atoms with Gasteiger partial charge in [-0.3, -0.25) is 10.2 Å². The van der Waals surface area contributed by atoms with Gasteiger partial charge in [0.25, 0.3) is 0 Å². The Labute approximate surface area is 111 Å². The number of nitrogens with one attached hydrogen (secondary N) is 1. The maximum atomic E-state index is 11.1. The quantitative estimate of drug-likeness (QED) is 0.475. The minimum Gasteiger partial charge on any atom is -0.294 e. The number of hydrogen-bond donors (Lipinski definition) is 2. The van der Waals surface area contributed by atoms with E-state index in [0.29, 0.717) is 6.54 Å². The highest BCUT2D eigenvalue weighted by Gasteiger charge is 2.04. The number of hydrazine groups is 1. The van der Waals surface area contributed by atoms with Gasteiger partial charge in [-0.2, -0.15) is 5.10 Å². The van der Waals surface area contributed by atoms with E-state index in [0.717, 1.165) is 22.8 Å². The summed E-state index contributed by atoms with van der Waals surface area (Å²) in [6.45, 7) is 4.48. The van der Waals surface area contributed by atoms with Crippen molar-refractivity contribution in [2.45, 2.75) is 26.8 Å². The highest BCUT2D eigenvalue weighted by Crippen LogP contribution is 2.08. The third-order valence-electron chi connectivity index (χ3n) is 2.84. The average Bonchev–Trinajstić information content (AvgIpc) is 2.70. The largest absolute Gasteiger partial charge is 0.294 e. The fraction of sp³-hybridized carbons (Fsp3) is 0.308. The predicted molar refractivity (Wildman–Crippen MR) is 71.1 cm³/mol. The molecular formula is C13H17N5O. The van der Waals surface area contributed by atoms with Crippen LogP contribution in [-0.4, -0.2) is 20.7 Å². The molecule has 6 nitrogen and oxygen atoms in total. The summed E-state index contributed by atoms with van der Waals surface area (Å²) in [7, 11) is 0. The lowest BCUT2D eigenvalue weighted by atomic mass is 10.1. The molecule has 1 aromatic carbocycles. The van der Waals surface area contributed by atoms with E-state index in [2.05, 4.69) is 15.5 Å². The van der Waals surface area contributed by atoms with Gasteiger partial charge in [-0.15, -0.1) is 0 Å². The fourth-order valence-electron chi connectivity index (χ4n) is 1.88. The molecule has 1 amide bonds. The van der Waals surface area contributed by atoms with Gasteiger partial charge in [0, 0.05) is 0 Å². The first-order valence-corrected chi connectivity index (χ1v) is 6.04. The smallest absolute Gasteiger partial charge is 0.238 e. The number of rotatable bonds is 4. The van der Waals surface area contributed by atoms with Gasteiger partial charge in [0.15, 0.2) is 0 Å².